The van der Waals surface area contributed by atoms with Crippen LogP contribution in [-0.4, -0.2) is 36.2 Å². The number of carbonyl (C=O) groups is 1. The maximum Gasteiger partial charge on any atom is 0.410 e. The van der Waals surface area contributed by atoms with Gasteiger partial charge in [-0.2, -0.15) is 0 Å². The smallest absolute Gasteiger partial charge is 0.410 e. The number of nitrogens with one attached hydrogen (secondary N) is 1. The molecule has 0 spiro atoms. The number of anilines is 1. The summed E-state index contributed by atoms with van der Waals surface area (Å²) in [5.74, 6) is 0.474. The summed E-state index contributed by atoms with van der Waals surface area (Å²) < 4.78 is 5.48. The molecule has 0 saturated carbocycles. The highest BCUT2D eigenvalue weighted by Crippen LogP contribution is 2.20. The lowest BCUT2D eigenvalue weighted by atomic mass is 9.98. The van der Waals surface area contributed by atoms with Crippen molar-refractivity contribution in [1.82, 2.24) is 4.90 Å². The second kappa shape index (κ2) is 7.71. The molecule has 1 heterocycles. The van der Waals surface area contributed by atoms with Crippen molar-refractivity contribution in [3.63, 3.8) is 0 Å². The Labute approximate surface area is 140 Å². The molecule has 1 aliphatic heterocycles. The van der Waals surface area contributed by atoms with E-state index in [4.69, 9.17) is 4.74 Å². The van der Waals surface area contributed by atoms with Crippen LogP contribution in [0.15, 0.2) is 24.3 Å². The number of aryl methyl sites for hydroxylation is 1. The zero-order valence-corrected chi connectivity index (χ0v) is 14.9. The van der Waals surface area contributed by atoms with Crippen molar-refractivity contribution in [2.24, 2.45) is 5.92 Å². The molecule has 23 heavy (non-hydrogen) atoms. The molecule has 1 N–H and O–H groups in total. The minimum Gasteiger partial charge on any atom is -0.444 e. The Morgan fingerprint density at radius 1 is 1.30 bits per heavy atom. The van der Waals surface area contributed by atoms with E-state index in [2.05, 4.69) is 36.5 Å². The molecular weight excluding hydrogens is 288 g/mol. The SMILES string of the molecule is CCc1ccc(NCC2CCCN(C(=O)OC(C)(C)C)C2)cc1. The van der Waals surface area contributed by atoms with Crippen LogP contribution < -0.4 is 5.32 Å². The van der Waals surface area contributed by atoms with Gasteiger partial charge in [0.2, 0.25) is 0 Å². The number of nitrogens with zero attached hydrogens (tertiary/aromatic N) is 1. The van der Waals surface area contributed by atoms with Gasteiger partial charge in [-0.3, -0.25) is 0 Å². The second-order valence-corrected chi connectivity index (χ2v) is 7.37. The Balaban J connectivity index is 1.82. The van der Waals surface area contributed by atoms with Crippen molar-refractivity contribution in [3.05, 3.63) is 29.8 Å². The van der Waals surface area contributed by atoms with Crippen LogP contribution in [0.25, 0.3) is 0 Å². The van der Waals surface area contributed by atoms with Gasteiger partial charge in [-0.15, -0.1) is 0 Å². The van der Waals surface area contributed by atoms with Gasteiger partial charge in [0.25, 0.3) is 0 Å². The molecule has 0 radical (unpaired) electrons. The third-order valence-electron chi connectivity index (χ3n) is 4.13. The van der Waals surface area contributed by atoms with Gasteiger partial charge in [-0.05, 0) is 63.6 Å². The average molecular weight is 318 g/mol. The molecule has 0 aliphatic carbocycles. The number of carbonyl (C=O) groups excluding carboxylic acids is 1. The van der Waals surface area contributed by atoms with Crippen LogP contribution in [0.3, 0.4) is 0 Å². The fraction of sp³-hybridized carbons (Fsp3) is 0.632. The molecular formula is C19H30N2O2. The molecule has 4 nitrogen and oxygen atoms in total. The summed E-state index contributed by atoms with van der Waals surface area (Å²) >= 11 is 0. The van der Waals surface area contributed by atoms with Crippen LogP contribution in [0.5, 0.6) is 0 Å². The molecule has 1 atom stereocenters. The molecule has 1 saturated heterocycles. The van der Waals surface area contributed by atoms with Gasteiger partial charge < -0.3 is 15.0 Å². The first-order valence-electron chi connectivity index (χ1n) is 8.68. The Kier molecular flexibility index (Phi) is 5.91. The van der Waals surface area contributed by atoms with Crippen LogP contribution in [0.2, 0.25) is 0 Å². The highest BCUT2D eigenvalue weighted by atomic mass is 16.6. The van der Waals surface area contributed by atoms with Crippen LogP contribution >= 0.6 is 0 Å². The van der Waals surface area contributed by atoms with E-state index in [9.17, 15) is 4.79 Å². The molecule has 1 aliphatic rings. The van der Waals surface area contributed by atoms with E-state index in [-0.39, 0.29) is 6.09 Å². The second-order valence-electron chi connectivity index (χ2n) is 7.37. The van der Waals surface area contributed by atoms with E-state index in [1.807, 2.05) is 25.7 Å². The largest absolute Gasteiger partial charge is 0.444 e. The van der Waals surface area contributed by atoms with Gasteiger partial charge in [0.15, 0.2) is 0 Å². The molecule has 128 valence electrons. The van der Waals surface area contributed by atoms with Crippen LogP contribution in [0.1, 0.15) is 46.1 Å². The molecule has 1 unspecified atom stereocenters. The lowest BCUT2D eigenvalue weighted by molar-refractivity contribution is 0.0172. The van der Waals surface area contributed by atoms with Gasteiger partial charge in [0, 0.05) is 25.3 Å². The van der Waals surface area contributed by atoms with Crippen LogP contribution in [0, 0.1) is 5.92 Å². The maximum absolute atomic E-state index is 12.2. The fourth-order valence-corrected chi connectivity index (χ4v) is 2.84. The summed E-state index contributed by atoms with van der Waals surface area (Å²) in [5, 5.41) is 3.49. The number of rotatable bonds is 4. The highest BCUT2D eigenvalue weighted by molar-refractivity contribution is 5.68. The summed E-state index contributed by atoms with van der Waals surface area (Å²) in [6.45, 7) is 10.4. The van der Waals surface area contributed by atoms with Gasteiger partial charge in [-0.25, -0.2) is 4.79 Å². The summed E-state index contributed by atoms with van der Waals surface area (Å²) in [6, 6.07) is 8.59. The first-order valence-corrected chi connectivity index (χ1v) is 8.68. The average Bonchev–Trinajstić information content (AvgIpc) is 2.52. The van der Waals surface area contributed by atoms with E-state index in [0.29, 0.717) is 5.92 Å². The quantitative estimate of drug-likeness (QED) is 0.899. The Hall–Kier alpha value is -1.71. The monoisotopic (exact) mass is 318 g/mol. The summed E-state index contributed by atoms with van der Waals surface area (Å²) in [6.07, 6.45) is 3.07. The number of likely N-dealkylation sites (tertiary alicyclic amines) is 1. The lowest BCUT2D eigenvalue weighted by Crippen LogP contribution is -2.44. The first kappa shape index (κ1) is 17.6. The number of hydrogen-bond donors (Lipinski definition) is 1. The molecule has 1 fully saturated rings. The number of benzene rings is 1. The lowest BCUT2D eigenvalue weighted by Gasteiger charge is -2.34. The van der Waals surface area contributed by atoms with Crippen molar-refractivity contribution < 1.29 is 9.53 Å². The van der Waals surface area contributed by atoms with Gasteiger partial charge in [-0.1, -0.05) is 19.1 Å². The topological polar surface area (TPSA) is 41.6 Å². The third-order valence-corrected chi connectivity index (χ3v) is 4.13. The first-order chi connectivity index (χ1) is 10.9. The molecule has 0 bridgehead atoms. The van der Waals surface area contributed by atoms with E-state index < -0.39 is 5.60 Å². The van der Waals surface area contributed by atoms with E-state index in [0.717, 1.165) is 44.6 Å². The minimum absolute atomic E-state index is 0.186. The van der Waals surface area contributed by atoms with Crippen molar-refractivity contribution in [3.8, 4) is 0 Å². The number of hydrogen-bond acceptors (Lipinski definition) is 3. The molecule has 0 aromatic heterocycles. The van der Waals surface area contributed by atoms with Gasteiger partial charge >= 0.3 is 6.09 Å². The number of amides is 1. The van der Waals surface area contributed by atoms with Crippen LogP contribution in [-0.2, 0) is 11.2 Å². The highest BCUT2D eigenvalue weighted by Gasteiger charge is 2.27. The molecule has 2 rings (SSSR count). The molecule has 4 heteroatoms. The zero-order chi connectivity index (χ0) is 16.9. The van der Waals surface area contributed by atoms with E-state index in [1.54, 1.807) is 0 Å². The normalized spacial score (nSPS) is 18.6. The minimum atomic E-state index is -0.427. The zero-order valence-electron chi connectivity index (χ0n) is 14.9. The summed E-state index contributed by atoms with van der Waals surface area (Å²) in [4.78, 5) is 14.0. The molecule has 1 aromatic rings. The number of ether oxygens (including phenoxy) is 1. The predicted octanol–water partition coefficient (Wildman–Crippen LogP) is 4.31. The standard InChI is InChI=1S/C19H30N2O2/c1-5-15-8-10-17(11-9-15)20-13-16-7-6-12-21(14-16)18(22)23-19(2,3)4/h8-11,16,20H,5-7,12-14H2,1-4H3. The van der Waals surface area contributed by atoms with Gasteiger partial charge in [0.05, 0.1) is 0 Å². The van der Waals surface area contributed by atoms with E-state index in [1.165, 1.54) is 5.56 Å². The van der Waals surface area contributed by atoms with Crippen molar-refractivity contribution >= 4 is 11.8 Å². The van der Waals surface area contributed by atoms with Crippen molar-refractivity contribution in [1.29, 1.82) is 0 Å². The van der Waals surface area contributed by atoms with Gasteiger partial charge in [0.1, 0.15) is 5.60 Å². The maximum atomic E-state index is 12.2. The van der Waals surface area contributed by atoms with Crippen molar-refractivity contribution in [2.45, 2.75) is 52.6 Å². The predicted molar refractivity (Wildman–Crippen MR) is 94.8 cm³/mol. The van der Waals surface area contributed by atoms with Crippen LogP contribution in [0.4, 0.5) is 10.5 Å². The van der Waals surface area contributed by atoms with E-state index >= 15 is 0 Å². The summed E-state index contributed by atoms with van der Waals surface area (Å²) in [7, 11) is 0. The van der Waals surface area contributed by atoms with Crippen molar-refractivity contribution in [2.75, 3.05) is 25.0 Å². The Bertz CT molecular complexity index is 505. The summed E-state index contributed by atoms with van der Waals surface area (Å²) in [5.41, 5.74) is 2.07. The fourth-order valence-electron chi connectivity index (χ4n) is 2.84. The number of piperidine rings is 1. The molecule has 1 aromatic carbocycles. The molecule has 1 amide bonds. The third kappa shape index (κ3) is 5.77. The Morgan fingerprint density at radius 2 is 2.00 bits per heavy atom. The Morgan fingerprint density at radius 3 is 2.61 bits per heavy atom.